The summed E-state index contributed by atoms with van der Waals surface area (Å²) in [5.74, 6) is 0.949. The molecule has 2 aromatic rings. The highest BCUT2D eigenvalue weighted by atomic mass is 79.9. The molecule has 1 heterocycles. The lowest BCUT2D eigenvalue weighted by Gasteiger charge is -2.10. The molecule has 0 amide bonds. The second-order valence-electron chi connectivity index (χ2n) is 3.80. The quantitative estimate of drug-likeness (QED) is 0.870. The maximum Gasteiger partial charge on any atom is 0.387 e. The zero-order valence-electron chi connectivity index (χ0n) is 9.91. The number of halogens is 3. The van der Waals surface area contributed by atoms with Crippen LogP contribution in [0.15, 0.2) is 45.5 Å². The Labute approximate surface area is 117 Å². The molecule has 2 rings (SSSR count). The van der Waals surface area contributed by atoms with E-state index >= 15 is 0 Å². The van der Waals surface area contributed by atoms with Gasteiger partial charge in [0.15, 0.2) is 4.67 Å². The number of rotatable bonds is 6. The number of para-hydroxylation sites is 1. The van der Waals surface area contributed by atoms with Gasteiger partial charge in [0.1, 0.15) is 11.5 Å². The number of hydrogen-bond acceptors (Lipinski definition) is 3. The third-order valence-corrected chi connectivity index (χ3v) is 2.86. The van der Waals surface area contributed by atoms with Gasteiger partial charge >= 0.3 is 6.61 Å². The van der Waals surface area contributed by atoms with Crippen molar-refractivity contribution >= 4 is 15.9 Å². The third-order valence-electron chi connectivity index (χ3n) is 2.43. The number of alkyl halides is 2. The fourth-order valence-corrected chi connectivity index (χ4v) is 1.97. The predicted molar refractivity (Wildman–Crippen MR) is 70.0 cm³/mol. The van der Waals surface area contributed by atoms with Crippen LogP contribution >= 0.6 is 15.9 Å². The summed E-state index contributed by atoms with van der Waals surface area (Å²) < 4.78 is 34.9. The van der Waals surface area contributed by atoms with Crippen molar-refractivity contribution < 1.29 is 17.9 Å². The van der Waals surface area contributed by atoms with E-state index in [-0.39, 0.29) is 5.75 Å². The summed E-state index contributed by atoms with van der Waals surface area (Å²) in [6, 6.07) is 10.3. The first kappa shape index (κ1) is 14.0. The van der Waals surface area contributed by atoms with E-state index in [0.717, 1.165) is 5.76 Å². The van der Waals surface area contributed by atoms with Gasteiger partial charge in [-0.25, -0.2) is 0 Å². The Balaban J connectivity index is 1.92. The molecule has 0 aliphatic carbocycles. The lowest BCUT2D eigenvalue weighted by atomic mass is 10.2. The molecule has 0 fully saturated rings. The number of benzene rings is 1. The number of hydrogen-bond donors (Lipinski definition) is 1. The first-order valence-electron chi connectivity index (χ1n) is 5.63. The SMILES string of the molecule is FC(F)Oc1ccccc1CNCc1ccc(Br)o1. The van der Waals surface area contributed by atoms with E-state index < -0.39 is 6.61 Å². The minimum absolute atomic E-state index is 0.186. The van der Waals surface area contributed by atoms with Crippen molar-refractivity contribution in [1.82, 2.24) is 5.32 Å². The zero-order chi connectivity index (χ0) is 13.7. The molecule has 3 nitrogen and oxygen atoms in total. The van der Waals surface area contributed by atoms with Crippen molar-refractivity contribution in [3.8, 4) is 5.75 Å². The molecule has 1 N–H and O–H groups in total. The van der Waals surface area contributed by atoms with Gasteiger partial charge in [-0.2, -0.15) is 8.78 Å². The smallest absolute Gasteiger partial charge is 0.387 e. The van der Waals surface area contributed by atoms with Crippen LogP contribution in [0.1, 0.15) is 11.3 Å². The fourth-order valence-electron chi connectivity index (χ4n) is 1.63. The highest BCUT2D eigenvalue weighted by molar-refractivity contribution is 9.10. The summed E-state index contributed by atoms with van der Waals surface area (Å²) in [6.07, 6.45) is 0. The minimum Gasteiger partial charge on any atom is -0.453 e. The summed E-state index contributed by atoms with van der Waals surface area (Å²) in [6.45, 7) is -1.89. The average molecular weight is 332 g/mol. The van der Waals surface area contributed by atoms with Crippen molar-refractivity contribution in [2.75, 3.05) is 0 Å². The molecule has 102 valence electrons. The van der Waals surface area contributed by atoms with Gasteiger partial charge in [-0.1, -0.05) is 18.2 Å². The van der Waals surface area contributed by atoms with E-state index in [9.17, 15) is 8.78 Å². The van der Waals surface area contributed by atoms with Crippen molar-refractivity contribution in [1.29, 1.82) is 0 Å². The van der Waals surface area contributed by atoms with Crippen LogP contribution in [-0.4, -0.2) is 6.61 Å². The molecule has 1 aromatic carbocycles. The van der Waals surface area contributed by atoms with Crippen LogP contribution in [-0.2, 0) is 13.1 Å². The maximum atomic E-state index is 12.2. The lowest BCUT2D eigenvalue weighted by Crippen LogP contribution is -2.14. The van der Waals surface area contributed by atoms with Gasteiger partial charge in [0.05, 0.1) is 6.54 Å². The van der Waals surface area contributed by atoms with Crippen molar-refractivity contribution in [2.45, 2.75) is 19.7 Å². The zero-order valence-corrected chi connectivity index (χ0v) is 11.5. The van der Waals surface area contributed by atoms with Gasteiger partial charge < -0.3 is 14.5 Å². The van der Waals surface area contributed by atoms with Gasteiger partial charge in [-0.15, -0.1) is 0 Å². The molecule has 1 aromatic heterocycles. The van der Waals surface area contributed by atoms with E-state index in [4.69, 9.17) is 4.42 Å². The highest BCUT2D eigenvalue weighted by Gasteiger charge is 2.08. The Kier molecular flexibility index (Phi) is 4.93. The van der Waals surface area contributed by atoms with Crippen LogP contribution in [0, 0.1) is 0 Å². The fraction of sp³-hybridized carbons (Fsp3) is 0.231. The van der Waals surface area contributed by atoms with Crippen molar-refractivity contribution in [2.24, 2.45) is 0 Å². The Morgan fingerprint density at radius 1 is 1.16 bits per heavy atom. The summed E-state index contributed by atoms with van der Waals surface area (Å²) in [5.41, 5.74) is 0.674. The summed E-state index contributed by atoms with van der Waals surface area (Å²) >= 11 is 3.21. The van der Waals surface area contributed by atoms with Crippen LogP contribution < -0.4 is 10.1 Å². The molecular weight excluding hydrogens is 320 g/mol. The molecule has 0 saturated carbocycles. The third kappa shape index (κ3) is 4.33. The molecule has 0 radical (unpaired) electrons. The van der Waals surface area contributed by atoms with Crippen molar-refractivity contribution in [3.05, 3.63) is 52.4 Å². The summed E-state index contributed by atoms with van der Waals surface area (Å²) in [7, 11) is 0. The van der Waals surface area contributed by atoms with E-state index in [1.165, 1.54) is 6.07 Å². The average Bonchev–Trinajstić information content (AvgIpc) is 2.77. The number of furan rings is 1. The second kappa shape index (κ2) is 6.68. The number of ether oxygens (including phenoxy) is 1. The van der Waals surface area contributed by atoms with E-state index in [0.29, 0.717) is 23.3 Å². The predicted octanol–water partition coefficient (Wildman–Crippen LogP) is 3.93. The van der Waals surface area contributed by atoms with Crippen molar-refractivity contribution in [3.63, 3.8) is 0 Å². The first-order chi connectivity index (χ1) is 9.15. The van der Waals surface area contributed by atoms with E-state index in [1.54, 1.807) is 24.3 Å². The van der Waals surface area contributed by atoms with E-state index in [2.05, 4.69) is 26.0 Å². The molecule has 0 saturated heterocycles. The Morgan fingerprint density at radius 3 is 2.63 bits per heavy atom. The Bertz CT molecular complexity index is 531. The molecule has 0 bridgehead atoms. The van der Waals surface area contributed by atoms with Gasteiger partial charge in [0.25, 0.3) is 0 Å². The minimum atomic E-state index is -2.82. The molecule has 0 unspecified atom stereocenters. The Hall–Kier alpha value is -1.40. The normalized spacial score (nSPS) is 10.9. The van der Waals surface area contributed by atoms with Crippen LogP contribution in [0.2, 0.25) is 0 Å². The number of nitrogens with one attached hydrogen (secondary N) is 1. The van der Waals surface area contributed by atoms with Crippen LogP contribution in [0.3, 0.4) is 0 Å². The first-order valence-corrected chi connectivity index (χ1v) is 6.42. The summed E-state index contributed by atoms with van der Waals surface area (Å²) in [5, 5.41) is 3.11. The topological polar surface area (TPSA) is 34.4 Å². The van der Waals surface area contributed by atoms with Crippen LogP contribution in [0.5, 0.6) is 5.75 Å². The van der Waals surface area contributed by atoms with Gasteiger partial charge in [-0.3, -0.25) is 0 Å². The van der Waals surface area contributed by atoms with Gasteiger partial charge in [0, 0.05) is 12.1 Å². The maximum absolute atomic E-state index is 12.2. The molecule has 0 aliphatic rings. The highest BCUT2D eigenvalue weighted by Crippen LogP contribution is 2.20. The summed E-state index contributed by atoms with van der Waals surface area (Å²) in [4.78, 5) is 0. The standard InChI is InChI=1S/C13H12BrF2NO2/c14-12-6-5-10(18-12)8-17-7-9-3-1-2-4-11(9)19-13(15)16/h1-6,13,17H,7-8H2. The van der Waals surface area contributed by atoms with Crippen LogP contribution in [0.25, 0.3) is 0 Å². The molecule has 0 aliphatic heterocycles. The van der Waals surface area contributed by atoms with Gasteiger partial charge in [0.2, 0.25) is 0 Å². The Morgan fingerprint density at radius 2 is 1.95 bits per heavy atom. The lowest BCUT2D eigenvalue weighted by molar-refractivity contribution is -0.0505. The molecule has 19 heavy (non-hydrogen) atoms. The van der Waals surface area contributed by atoms with E-state index in [1.807, 2.05) is 6.07 Å². The molecular formula is C13H12BrF2NO2. The van der Waals surface area contributed by atoms with Crippen LogP contribution in [0.4, 0.5) is 8.78 Å². The molecule has 0 spiro atoms. The molecule has 0 atom stereocenters. The van der Waals surface area contributed by atoms with Gasteiger partial charge in [-0.05, 0) is 34.1 Å². The molecule has 6 heteroatoms. The largest absolute Gasteiger partial charge is 0.453 e. The monoisotopic (exact) mass is 331 g/mol. The second-order valence-corrected chi connectivity index (χ2v) is 4.58.